The lowest BCUT2D eigenvalue weighted by molar-refractivity contribution is 0.00619. The maximum Gasteiger partial charge on any atom is 0.417 e. The van der Waals surface area contributed by atoms with Crippen molar-refractivity contribution in [1.29, 1.82) is 0 Å². The van der Waals surface area contributed by atoms with E-state index in [9.17, 15) is 9.59 Å². The summed E-state index contributed by atoms with van der Waals surface area (Å²) in [6.45, 7) is 5.90. The van der Waals surface area contributed by atoms with Gasteiger partial charge >= 0.3 is 6.09 Å². The Morgan fingerprint density at radius 3 is 2.33 bits per heavy atom. The number of amides is 2. The SMILES string of the molecule is CC(C)(C)OC(=O)N(CC1(F)CCNCC1)C(=O)c1ccccc1. The van der Waals surface area contributed by atoms with Crippen molar-refractivity contribution in [2.75, 3.05) is 19.6 Å². The van der Waals surface area contributed by atoms with Crippen LogP contribution in [0.4, 0.5) is 9.18 Å². The largest absolute Gasteiger partial charge is 0.443 e. The molecule has 0 aromatic heterocycles. The summed E-state index contributed by atoms with van der Waals surface area (Å²) in [5.41, 5.74) is -2.02. The van der Waals surface area contributed by atoms with Gasteiger partial charge in [0.25, 0.3) is 5.91 Å². The molecule has 6 heteroatoms. The van der Waals surface area contributed by atoms with E-state index in [0.717, 1.165) is 4.90 Å². The molecule has 0 aliphatic carbocycles. The highest BCUT2D eigenvalue weighted by Gasteiger charge is 2.39. The van der Waals surface area contributed by atoms with Crippen LogP contribution in [-0.2, 0) is 4.74 Å². The Hall–Kier alpha value is -1.95. The van der Waals surface area contributed by atoms with Crippen LogP contribution in [0, 0.1) is 0 Å². The molecule has 1 aliphatic heterocycles. The predicted molar refractivity (Wildman–Crippen MR) is 89.7 cm³/mol. The molecular formula is C18H25FN2O3. The number of nitrogens with one attached hydrogen (secondary N) is 1. The van der Waals surface area contributed by atoms with E-state index in [2.05, 4.69) is 5.32 Å². The first-order chi connectivity index (χ1) is 11.2. The molecule has 2 rings (SSSR count). The van der Waals surface area contributed by atoms with E-state index in [4.69, 9.17) is 4.74 Å². The van der Waals surface area contributed by atoms with Crippen LogP contribution in [0.15, 0.2) is 30.3 Å². The Balaban J connectivity index is 2.23. The molecule has 1 heterocycles. The van der Waals surface area contributed by atoms with Crippen molar-refractivity contribution in [1.82, 2.24) is 10.2 Å². The minimum atomic E-state index is -1.59. The number of carbonyl (C=O) groups excluding carboxylic acids is 2. The number of piperidine rings is 1. The van der Waals surface area contributed by atoms with Crippen LogP contribution >= 0.6 is 0 Å². The number of carbonyl (C=O) groups is 2. The summed E-state index contributed by atoms with van der Waals surface area (Å²) in [6.07, 6.45) is -0.296. The molecule has 1 saturated heterocycles. The number of alkyl halides is 1. The average molecular weight is 336 g/mol. The van der Waals surface area contributed by atoms with Crippen molar-refractivity contribution in [2.24, 2.45) is 0 Å². The van der Waals surface area contributed by atoms with Crippen molar-refractivity contribution in [2.45, 2.75) is 44.9 Å². The molecule has 0 bridgehead atoms. The Morgan fingerprint density at radius 1 is 1.21 bits per heavy atom. The molecule has 0 unspecified atom stereocenters. The molecule has 1 aromatic rings. The van der Waals surface area contributed by atoms with E-state index in [-0.39, 0.29) is 19.4 Å². The van der Waals surface area contributed by atoms with Crippen molar-refractivity contribution in [3.8, 4) is 0 Å². The Kier molecular flexibility index (Phi) is 5.59. The van der Waals surface area contributed by atoms with Crippen LogP contribution in [0.1, 0.15) is 44.0 Å². The van der Waals surface area contributed by atoms with E-state index in [1.165, 1.54) is 0 Å². The zero-order chi connectivity index (χ0) is 17.8. The topological polar surface area (TPSA) is 58.6 Å². The van der Waals surface area contributed by atoms with Gasteiger partial charge in [0.1, 0.15) is 11.3 Å². The molecule has 1 fully saturated rings. The summed E-state index contributed by atoms with van der Waals surface area (Å²) in [5.74, 6) is -0.541. The van der Waals surface area contributed by atoms with Gasteiger partial charge in [0.05, 0.1) is 6.54 Å². The van der Waals surface area contributed by atoms with Crippen LogP contribution < -0.4 is 5.32 Å². The molecule has 2 amide bonds. The summed E-state index contributed by atoms with van der Waals surface area (Å²) < 4.78 is 20.4. The predicted octanol–water partition coefficient (Wildman–Crippen LogP) is 3.16. The molecule has 0 spiro atoms. The van der Waals surface area contributed by atoms with Crippen molar-refractivity contribution < 1.29 is 18.7 Å². The van der Waals surface area contributed by atoms with Crippen molar-refractivity contribution in [3.05, 3.63) is 35.9 Å². The summed E-state index contributed by atoms with van der Waals surface area (Å²) >= 11 is 0. The van der Waals surface area contributed by atoms with Gasteiger partial charge in [-0.25, -0.2) is 14.1 Å². The van der Waals surface area contributed by atoms with Gasteiger partial charge in [0, 0.05) is 5.56 Å². The summed E-state index contributed by atoms with van der Waals surface area (Å²) in [4.78, 5) is 26.1. The molecular weight excluding hydrogens is 311 g/mol. The number of benzene rings is 1. The zero-order valence-electron chi connectivity index (χ0n) is 14.5. The fraction of sp³-hybridized carbons (Fsp3) is 0.556. The minimum Gasteiger partial charge on any atom is -0.443 e. The average Bonchev–Trinajstić information content (AvgIpc) is 2.52. The summed E-state index contributed by atoms with van der Waals surface area (Å²) in [7, 11) is 0. The summed E-state index contributed by atoms with van der Waals surface area (Å²) in [6, 6.07) is 8.39. The van der Waals surface area contributed by atoms with E-state index < -0.39 is 23.3 Å². The highest BCUT2D eigenvalue weighted by molar-refractivity contribution is 6.03. The highest BCUT2D eigenvalue weighted by Crippen LogP contribution is 2.26. The third-order valence-electron chi connectivity index (χ3n) is 3.82. The van der Waals surface area contributed by atoms with Crippen LogP contribution in [0.3, 0.4) is 0 Å². The molecule has 1 aliphatic rings. The van der Waals surface area contributed by atoms with Gasteiger partial charge in [-0.2, -0.15) is 0 Å². The highest BCUT2D eigenvalue weighted by atomic mass is 19.1. The van der Waals surface area contributed by atoms with E-state index in [1.54, 1.807) is 51.1 Å². The first-order valence-corrected chi connectivity index (χ1v) is 8.20. The van der Waals surface area contributed by atoms with E-state index >= 15 is 4.39 Å². The van der Waals surface area contributed by atoms with Crippen LogP contribution in [0.5, 0.6) is 0 Å². The van der Waals surface area contributed by atoms with Gasteiger partial charge in [0.2, 0.25) is 0 Å². The fourth-order valence-electron chi connectivity index (χ4n) is 2.59. The lowest BCUT2D eigenvalue weighted by atomic mass is 9.93. The van der Waals surface area contributed by atoms with E-state index in [1.807, 2.05) is 0 Å². The number of nitrogens with zero attached hydrogens (tertiary/aromatic N) is 1. The molecule has 0 atom stereocenters. The van der Waals surface area contributed by atoms with Gasteiger partial charge in [-0.3, -0.25) is 4.79 Å². The number of halogens is 1. The zero-order valence-corrected chi connectivity index (χ0v) is 14.5. The quantitative estimate of drug-likeness (QED) is 0.921. The van der Waals surface area contributed by atoms with Crippen molar-refractivity contribution in [3.63, 3.8) is 0 Å². The number of hydrogen-bond donors (Lipinski definition) is 1. The molecule has 0 radical (unpaired) electrons. The first kappa shape index (κ1) is 18.4. The molecule has 1 aromatic carbocycles. The van der Waals surface area contributed by atoms with Gasteiger partial charge in [-0.05, 0) is 58.8 Å². The van der Waals surface area contributed by atoms with Crippen LogP contribution in [0.2, 0.25) is 0 Å². The van der Waals surface area contributed by atoms with Gasteiger partial charge < -0.3 is 10.1 Å². The van der Waals surface area contributed by atoms with Gasteiger partial charge in [-0.1, -0.05) is 18.2 Å². The Morgan fingerprint density at radius 2 is 1.79 bits per heavy atom. The fourth-order valence-corrected chi connectivity index (χ4v) is 2.59. The normalized spacial score (nSPS) is 17.2. The van der Waals surface area contributed by atoms with Gasteiger partial charge in [-0.15, -0.1) is 0 Å². The third kappa shape index (κ3) is 5.03. The van der Waals surface area contributed by atoms with Crippen LogP contribution in [-0.4, -0.2) is 47.8 Å². The maximum absolute atomic E-state index is 15.1. The minimum absolute atomic E-state index is 0.258. The molecule has 0 saturated carbocycles. The number of hydrogen-bond acceptors (Lipinski definition) is 4. The molecule has 1 N–H and O–H groups in total. The van der Waals surface area contributed by atoms with Gasteiger partial charge in [0.15, 0.2) is 0 Å². The Bertz CT molecular complexity index is 578. The Labute approximate surface area is 142 Å². The monoisotopic (exact) mass is 336 g/mol. The molecule has 132 valence electrons. The third-order valence-corrected chi connectivity index (χ3v) is 3.82. The summed E-state index contributed by atoms with van der Waals surface area (Å²) in [5, 5.41) is 3.08. The molecule has 5 nitrogen and oxygen atoms in total. The second-order valence-electron chi connectivity index (χ2n) is 7.14. The first-order valence-electron chi connectivity index (χ1n) is 8.20. The van der Waals surface area contributed by atoms with E-state index in [0.29, 0.717) is 18.7 Å². The second kappa shape index (κ2) is 7.30. The standard InChI is InChI=1S/C18H25FN2O3/c1-17(2,3)24-16(23)21(13-18(19)9-11-20-12-10-18)15(22)14-7-5-4-6-8-14/h4-8,20H,9-13H2,1-3H3. The molecule has 24 heavy (non-hydrogen) atoms. The van der Waals surface area contributed by atoms with Crippen LogP contribution in [0.25, 0.3) is 0 Å². The van der Waals surface area contributed by atoms with Crippen molar-refractivity contribution >= 4 is 12.0 Å². The second-order valence-corrected chi connectivity index (χ2v) is 7.14. The lowest BCUT2D eigenvalue weighted by Gasteiger charge is -2.35. The number of ether oxygens (including phenoxy) is 1. The maximum atomic E-state index is 15.1. The smallest absolute Gasteiger partial charge is 0.417 e. The number of rotatable bonds is 3. The lowest BCUT2D eigenvalue weighted by Crippen LogP contribution is -2.51. The number of imide groups is 1.